The van der Waals surface area contributed by atoms with E-state index in [1.54, 1.807) is 0 Å². The van der Waals surface area contributed by atoms with Gasteiger partial charge in [0, 0.05) is 23.0 Å². The highest BCUT2D eigenvalue weighted by atomic mass is 16.5. The summed E-state index contributed by atoms with van der Waals surface area (Å²) in [5.41, 5.74) is 3.01. The first kappa shape index (κ1) is 17.6. The summed E-state index contributed by atoms with van der Waals surface area (Å²) in [6.45, 7) is 6.66. The van der Waals surface area contributed by atoms with Crippen LogP contribution in [0.2, 0.25) is 0 Å². The fourth-order valence-electron chi connectivity index (χ4n) is 3.85. The lowest BCUT2D eigenvalue weighted by molar-refractivity contribution is 0.0918. The lowest BCUT2D eigenvalue weighted by atomic mass is 10.1. The minimum absolute atomic E-state index is 0.0173. The van der Waals surface area contributed by atoms with Gasteiger partial charge in [0.25, 0.3) is 0 Å². The molecule has 0 bridgehead atoms. The highest BCUT2D eigenvalue weighted by Gasteiger charge is 2.23. The predicted octanol–water partition coefficient (Wildman–Crippen LogP) is 4.88. The Morgan fingerprint density at radius 3 is 2.40 bits per heavy atom. The van der Waals surface area contributed by atoms with Crippen LogP contribution in [0.5, 0.6) is 11.5 Å². The number of hydrogen-bond acceptors (Lipinski definition) is 3. The number of carbonyl (C=O) groups is 1. The molecule has 2 aromatic rings. The van der Waals surface area contributed by atoms with Crippen LogP contribution >= 0.6 is 0 Å². The van der Waals surface area contributed by atoms with E-state index in [1.165, 1.54) is 31.4 Å². The Kier molecular flexibility index (Phi) is 5.47. The van der Waals surface area contributed by atoms with Crippen LogP contribution < -0.4 is 9.47 Å². The number of ether oxygens (including phenoxy) is 2. The van der Waals surface area contributed by atoms with Gasteiger partial charge in [-0.2, -0.15) is 0 Å². The molecular formula is C21H27NO3. The van der Waals surface area contributed by atoms with E-state index in [4.69, 9.17) is 9.47 Å². The molecule has 134 valence electrons. The molecule has 3 rings (SSSR count). The lowest BCUT2D eigenvalue weighted by Crippen LogP contribution is -2.14. The van der Waals surface area contributed by atoms with Gasteiger partial charge in [-0.15, -0.1) is 0 Å². The van der Waals surface area contributed by atoms with E-state index in [9.17, 15) is 4.79 Å². The molecule has 0 spiro atoms. The van der Waals surface area contributed by atoms with Crippen LogP contribution in [0, 0.1) is 13.8 Å². The van der Waals surface area contributed by atoms with Crippen molar-refractivity contribution in [2.75, 3.05) is 13.2 Å². The second-order valence-electron chi connectivity index (χ2n) is 6.68. The van der Waals surface area contributed by atoms with Gasteiger partial charge in [-0.1, -0.05) is 25.0 Å². The summed E-state index contributed by atoms with van der Waals surface area (Å²) in [5.74, 6) is 1.31. The van der Waals surface area contributed by atoms with E-state index < -0.39 is 0 Å². The lowest BCUT2D eigenvalue weighted by Gasteiger charge is -2.17. The number of nitrogens with zero attached hydrogens (tertiary/aromatic N) is 1. The van der Waals surface area contributed by atoms with E-state index >= 15 is 0 Å². The number of hydrogen-bond donors (Lipinski definition) is 0. The second kappa shape index (κ2) is 7.77. The van der Waals surface area contributed by atoms with Gasteiger partial charge in [-0.3, -0.25) is 4.79 Å². The zero-order valence-electron chi connectivity index (χ0n) is 15.4. The minimum atomic E-state index is 0.0173. The van der Waals surface area contributed by atoms with E-state index in [2.05, 4.69) is 11.5 Å². The number of rotatable bonds is 7. The molecule has 25 heavy (non-hydrogen) atoms. The maximum Gasteiger partial charge on any atom is 0.202 e. The average Bonchev–Trinajstić information content (AvgIpc) is 3.22. The third-order valence-corrected chi connectivity index (χ3v) is 4.98. The molecule has 0 radical (unpaired) electrons. The van der Waals surface area contributed by atoms with Crippen molar-refractivity contribution in [3.63, 3.8) is 0 Å². The van der Waals surface area contributed by atoms with E-state index in [-0.39, 0.29) is 12.4 Å². The van der Waals surface area contributed by atoms with Gasteiger partial charge in [0.05, 0.1) is 6.61 Å². The highest BCUT2D eigenvalue weighted by Crippen LogP contribution is 2.33. The predicted molar refractivity (Wildman–Crippen MR) is 98.8 cm³/mol. The Hall–Kier alpha value is -2.23. The molecule has 1 aliphatic rings. The smallest absolute Gasteiger partial charge is 0.202 e. The number of Topliss-reactive ketones (excluding diaryl/α,β-unsaturated/α-hetero) is 1. The Balaban J connectivity index is 1.73. The molecule has 1 aromatic heterocycles. The Morgan fingerprint density at radius 1 is 1.12 bits per heavy atom. The van der Waals surface area contributed by atoms with E-state index in [0.717, 1.165) is 11.3 Å². The maximum absolute atomic E-state index is 12.7. The molecular weight excluding hydrogens is 314 g/mol. The van der Waals surface area contributed by atoms with Gasteiger partial charge in [0.15, 0.2) is 18.1 Å². The Bertz CT molecular complexity index is 742. The molecule has 1 aromatic carbocycles. The van der Waals surface area contributed by atoms with Crippen molar-refractivity contribution in [2.24, 2.45) is 0 Å². The van der Waals surface area contributed by atoms with Crippen LogP contribution in [0.3, 0.4) is 0 Å². The number of carbonyl (C=O) groups excluding carboxylic acids is 1. The highest BCUT2D eigenvalue weighted by molar-refractivity contribution is 5.98. The quantitative estimate of drug-likeness (QED) is 0.674. The molecule has 1 aliphatic carbocycles. The van der Waals surface area contributed by atoms with Crippen molar-refractivity contribution in [2.45, 2.75) is 52.5 Å². The Labute approximate surface area is 149 Å². The normalized spacial score (nSPS) is 14.7. The van der Waals surface area contributed by atoms with Crippen molar-refractivity contribution in [3.8, 4) is 11.5 Å². The van der Waals surface area contributed by atoms with Crippen LogP contribution in [0.4, 0.5) is 0 Å². The zero-order valence-corrected chi connectivity index (χ0v) is 15.4. The van der Waals surface area contributed by atoms with Crippen LogP contribution in [0.1, 0.15) is 60.4 Å². The van der Waals surface area contributed by atoms with Gasteiger partial charge in [0.2, 0.25) is 5.78 Å². The van der Waals surface area contributed by atoms with E-state index in [1.807, 2.05) is 44.2 Å². The van der Waals surface area contributed by atoms with Crippen LogP contribution in [-0.4, -0.2) is 23.6 Å². The van der Waals surface area contributed by atoms with Gasteiger partial charge in [-0.25, -0.2) is 0 Å². The molecule has 0 atom stereocenters. The molecule has 0 amide bonds. The van der Waals surface area contributed by atoms with Crippen molar-refractivity contribution >= 4 is 5.78 Å². The third-order valence-electron chi connectivity index (χ3n) is 4.98. The molecule has 0 saturated heterocycles. The van der Waals surface area contributed by atoms with E-state index in [0.29, 0.717) is 24.1 Å². The third kappa shape index (κ3) is 3.73. The van der Waals surface area contributed by atoms with Gasteiger partial charge < -0.3 is 14.0 Å². The fourth-order valence-corrected chi connectivity index (χ4v) is 3.85. The molecule has 0 unspecified atom stereocenters. The molecule has 4 heteroatoms. The van der Waals surface area contributed by atoms with Crippen LogP contribution in [0.25, 0.3) is 0 Å². The van der Waals surface area contributed by atoms with Crippen LogP contribution in [0.15, 0.2) is 30.3 Å². The summed E-state index contributed by atoms with van der Waals surface area (Å²) >= 11 is 0. The molecule has 1 heterocycles. The van der Waals surface area contributed by atoms with Crippen LogP contribution in [-0.2, 0) is 0 Å². The first-order chi connectivity index (χ1) is 12.1. The summed E-state index contributed by atoms with van der Waals surface area (Å²) in [7, 11) is 0. The summed E-state index contributed by atoms with van der Waals surface area (Å²) in [5, 5.41) is 0. The summed E-state index contributed by atoms with van der Waals surface area (Å²) < 4.78 is 13.6. The first-order valence-corrected chi connectivity index (χ1v) is 9.18. The van der Waals surface area contributed by atoms with Crippen molar-refractivity contribution in [1.29, 1.82) is 0 Å². The Morgan fingerprint density at radius 2 is 1.76 bits per heavy atom. The van der Waals surface area contributed by atoms with Gasteiger partial charge in [0.1, 0.15) is 0 Å². The number of para-hydroxylation sites is 2. The molecule has 0 N–H and O–H groups in total. The summed E-state index contributed by atoms with van der Waals surface area (Å²) in [6.07, 6.45) is 4.98. The summed E-state index contributed by atoms with van der Waals surface area (Å²) in [4.78, 5) is 12.7. The summed E-state index contributed by atoms with van der Waals surface area (Å²) in [6, 6.07) is 10.0. The number of aryl methyl sites for hydroxylation is 1. The number of aromatic nitrogens is 1. The standard InChI is InChI=1S/C21H27NO3/c1-4-24-20-11-7-8-12-21(20)25-14-19(23)18-13-15(2)22(16(18)3)17-9-5-6-10-17/h7-8,11-13,17H,4-6,9-10,14H2,1-3H3. The topological polar surface area (TPSA) is 40.5 Å². The van der Waals surface area contributed by atoms with Crippen molar-refractivity contribution in [3.05, 3.63) is 47.3 Å². The first-order valence-electron chi connectivity index (χ1n) is 9.18. The fraction of sp³-hybridized carbons (Fsp3) is 0.476. The SMILES string of the molecule is CCOc1ccccc1OCC(=O)c1cc(C)n(C2CCCC2)c1C. The number of ketones is 1. The molecule has 0 aliphatic heterocycles. The minimum Gasteiger partial charge on any atom is -0.490 e. The molecule has 1 saturated carbocycles. The number of benzene rings is 1. The van der Waals surface area contributed by atoms with Crippen molar-refractivity contribution in [1.82, 2.24) is 4.57 Å². The maximum atomic E-state index is 12.7. The second-order valence-corrected chi connectivity index (χ2v) is 6.68. The monoisotopic (exact) mass is 341 g/mol. The molecule has 1 fully saturated rings. The van der Waals surface area contributed by atoms with Gasteiger partial charge >= 0.3 is 0 Å². The van der Waals surface area contributed by atoms with Crippen molar-refractivity contribution < 1.29 is 14.3 Å². The molecule has 4 nitrogen and oxygen atoms in total. The van der Waals surface area contributed by atoms with Gasteiger partial charge in [-0.05, 0) is 51.8 Å². The average molecular weight is 341 g/mol. The largest absolute Gasteiger partial charge is 0.490 e. The zero-order chi connectivity index (χ0) is 17.8.